The summed E-state index contributed by atoms with van der Waals surface area (Å²) in [6, 6.07) is 16.7. The van der Waals surface area contributed by atoms with E-state index in [1.807, 2.05) is 24.1 Å². The molecule has 1 saturated heterocycles. The van der Waals surface area contributed by atoms with E-state index in [-0.39, 0.29) is 6.29 Å². The molecule has 0 unspecified atom stereocenters. The molecule has 8 heteroatoms. The van der Waals surface area contributed by atoms with Crippen molar-refractivity contribution in [3.05, 3.63) is 48.5 Å². The molecule has 3 rings (SSSR count). The number of thiocarbonyl (C=S) groups is 1. The molecule has 1 aliphatic rings. The molecule has 2 aromatic rings. The molecule has 0 atom stereocenters. The maximum Gasteiger partial charge on any atom is 0.174 e. The van der Waals surface area contributed by atoms with E-state index in [4.69, 9.17) is 26.4 Å². The number of ether oxygens (including phenoxy) is 3. The SMILES string of the molecule is COc1ccc(N2CCN(c3ccc(NC(=S)N(C)CC(OC)OC)cc3)CC2)cc1. The van der Waals surface area contributed by atoms with Crippen LogP contribution in [-0.4, -0.2) is 77.4 Å². The highest BCUT2D eigenvalue weighted by molar-refractivity contribution is 7.80. The summed E-state index contributed by atoms with van der Waals surface area (Å²) in [5.41, 5.74) is 3.42. The summed E-state index contributed by atoms with van der Waals surface area (Å²) in [5.74, 6) is 0.888. The standard InChI is InChI=1S/C23H32N4O3S/c1-25(17-22(29-3)30-4)23(31)24-18-5-7-19(8-6-18)26-13-15-27(16-14-26)20-9-11-21(28-2)12-10-20/h5-12,22H,13-17H2,1-4H3,(H,24,31). The van der Waals surface area contributed by atoms with Crippen molar-refractivity contribution in [2.75, 3.05) is 76.2 Å². The summed E-state index contributed by atoms with van der Waals surface area (Å²) in [7, 11) is 6.84. The topological polar surface area (TPSA) is 49.4 Å². The molecule has 7 nitrogen and oxygen atoms in total. The van der Waals surface area contributed by atoms with Gasteiger partial charge < -0.3 is 34.2 Å². The molecule has 0 radical (unpaired) electrons. The Morgan fingerprint density at radius 2 is 1.39 bits per heavy atom. The van der Waals surface area contributed by atoms with Gasteiger partial charge in [-0.2, -0.15) is 0 Å². The molecule has 0 amide bonds. The van der Waals surface area contributed by atoms with Gasteiger partial charge in [0.15, 0.2) is 11.4 Å². The molecule has 1 N–H and O–H groups in total. The zero-order valence-electron chi connectivity index (χ0n) is 18.7. The number of hydrogen-bond acceptors (Lipinski definition) is 6. The van der Waals surface area contributed by atoms with E-state index in [1.54, 1.807) is 21.3 Å². The number of likely N-dealkylation sites (N-methyl/N-ethyl adjacent to an activating group) is 1. The Morgan fingerprint density at radius 3 is 1.84 bits per heavy atom. The molecular formula is C23H32N4O3S. The summed E-state index contributed by atoms with van der Waals surface area (Å²) in [6.45, 7) is 4.49. The summed E-state index contributed by atoms with van der Waals surface area (Å²) in [6.07, 6.45) is -0.316. The van der Waals surface area contributed by atoms with Gasteiger partial charge in [0.1, 0.15) is 5.75 Å². The van der Waals surface area contributed by atoms with E-state index < -0.39 is 0 Å². The second-order valence-corrected chi connectivity index (χ2v) is 7.82. The van der Waals surface area contributed by atoms with Crippen LogP contribution in [0.2, 0.25) is 0 Å². The molecule has 0 spiro atoms. The Hall–Kier alpha value is -2.55. The van der Waals surface area contributed by atoms with Crippen molar-refractivity contribution >= 4 is 34.4 Å². The Bertz CT molecular complexity index is 820. The zero-order valence-corrected chi connectivity index (χ0v) is 19.5. The van der Waals surface area contributed by atoms with Gasteiger partial charge in [0.2, 0.25) is 0 Å². The van der Waals surface area contributed by atoms with Crippen LogP contribution in [0.15, 0.2) is 48.5 Å². The summed E-state index contributed by atoms with van der Waals surface area (Å²) >= 11 is 5.49. The number of anilines is 3. The van der Waals surface area contributed by atoms with E-state index >= 15 is 0 Å². The number of nitrogens with zero attached hydrogens (tertiary/aromatic N) is 3. The lowest BCUT2D eigenvalue weighted by molar-refractivity contribution is -0.107. The quantitative estimate of drug-likeness (QED) is 0.492. The van der Waals surface area contributed by atoms with Crippen LogP contribution in [0.25, 0.3) is 0 Å². The van der Waals surface area contributed by atoms with Crippen molar-refractivity contribution in [1.82, 2.24) is 4.90 Å². The number of hydrogen-bond donors (Lipinski definition) is 1. The molecular weight excluding hydrogens is 412 g/mol. The molecule has 1 heterocycles. The van der Waals surface area contributed by atoms with Gasteiger partial charge >= 0.3 is 0 Å². The first-order valence-electron chi connectivity index (χ1n) is 10.4. The van der Waals surface area contributed by atoms with Crippen LogP contribution in [0.3, 0.4) is 0 Å². The largest absolute Gasteiger partial charge is 0.497 e. The molecule has 0 saturated carbocycles. The second kappa shape index (κ2) is 11.2. The lowest BCUT2D eigenvalue weighted by Crippen LogP contribution is -2.46. The van der Waals surface area contributed by atoms with E-state index in [9.17, 15) is 0 Å². The lowest BCUT2D eigenvalue weighted by atomic mass is 10.2. The zero-order chi connectivity index (χ0) is 22.2. The molecule has 1 aliphatic heterocycles. The minimum absolute atomic E-state index is 0.316. The van der Waals surface area contributed by atoms with Crippen LogP contribution in [-0.2, 0) is 9.47 Å². The minimum Gasteiger partial charge on any atom is -0.497 e. The predicted octanol–water partition coefficient (Wildman–Crippen LogP) is 3.27. The van der Waals surface area contributed by atoms with Crippen LogP contribution < -0.4 is 19.9 Å². The number of methoxy groups -OCH3 is 3. The first-order valence-corrected chi connectivity index (χ1v) is 10.8. The van der Waals surface area contributed by atoms with Gasteiger partial charge in [-0.1, -0.05) is 0 Å². The number of piperazine rings is 1. The highest BCUT2D eigenvalue weighted by Gasteiger charge is 2.18. The fourth-order valence-corrected chi connectivity index (χ4v) is 3.73. The molecule has 2 aromatic carbocycles. The van der Waals surface area contributed by atoms with E-state index in [2.05, 4.69) is 51.5 Å². The van der Waals surface area contributed by atoms with E-state index in [0.717, 1.165) is 37.6 Å². The van der Waals surface area contributed by atoms with Gasteiger partial charge in [-0.15, -0.1) is 0 Å². The molecule has 31 heavy (non-hydrogen) atoms. The number of rotatable bonds is 8. The molecule has 0 aliphatic carbocycles. The Labute approximate surface area is 190 Å². The van der Waals surface area contributed by atoms with Crippen molar-refractivity contribution in [3.8, 4) is 5.75 Å². The van der Waals surface area contributed by atoms with Crippen molar-refractivity contribution in [3.63, 3.8) is 0 Å². The van der Waals surface area contributed by atoms with Gasteiger partial charge in [0.05, 0.1) is 13.7 Å². The minimum atomic E-state index is -0.316. The molecule has 0 aromatic heterocycles. The van der Waals surface area contributed by atoms with Crippen LogP contribution in [0.4, 0.5) is 17.1 Å². The fourth-order valence-electron chi connectivity index (χ4n) is 3.54. The molecule has 168 valence electrons. The Kier molecular flexibility index (Phi) is 8.34. The maximum absolute atomic E-state index is 5.49. The predicted molar refractivity (Wildman–Crippen MR) is 131 cm³/mol. The van der Waals surface area contributed by atoms with Gasteiger partial charge in [-0.05, 0) is 60.7 Å². The third-order valence-corrected chi connectivity index (χ3v) is 5.91. The fraction of sp³-hybridized carbons (Fsp3) is 0.435. The molecule has 1 fully saturated rings. The third kappa shape index (κ3) is 6.22. The maximum atomic E-state index is 5.49. The summed E-state index contributed by atoms with van der Waals surface area (Å²) in [4.78, 5) is 6.72. The van der Waals surface area contributed by atoms with E-state index in [0.29, 0.717) is 11.7 Å². The average molecular weight is 445 g/mol. The van der Waals surface area contributed by atoms with Crippen LogP contribution in [0.1, 0.15) is 0 Å². The second-order valence-electron chi connectivity index (χ2n) is 7.43. The summed E-state index contributed by atoms with van der Waals surface area (Å²) < 4.78 is 15.7. The van der Waals surface area contributed by atoms with E-state index in [1.165, 1.54) is 11.4 Å². The first kappa shape index (κ1) is 23.1. The van der Waals surface area contributed by atoms with Crippen molar-refractivity contribution in [2.45, 2.75) is 6.29 Å². The normalized spacial score (nSPS) is 14.0. The Balaban J connectivity index is 1.50. The Morgan fingerprint density at radius 1 is 0.903 bits per heavy atom. The monoisotopic (exact) mass is 444 g/mol. The van der Waals surface area contributed by atoms with Gasteiger partial charge in [0, 0.05) is 64.5 Å². The van der Waals surface area contributed by atoms with Gasteiger partial charge in [0.25, 0.3) is 0 Å². The average Bonchev–Trinajstić information content (AvgIpc) is 2.83. The van der Waals surface area contributed by atoms with Crippen LogP contribution >= 0.6 is 12.2 Å². The first-order chi connectivity index (χ1) is 15.0. The highest BCUT2D eigenvalue weighted by atomic mass is 32.1. The van der Waals surface area contributed by atoms with Crippen molar-refractivity contribution < 1.29 is 14.2 Å². The molecule has 0 bridgehead atoms. The number of benzene rings is 2. The lowest BCUT2D eigenvalue weighted by Gasteiger charge is -2.37. The van der Waals surface area contributed by atoms with Crippen LogP contribution in [0.5, 0.6) is 5.75 Å². The third-order valence-electron chi connectivity index (χ3n) is 5.50. The van der Waals surface area contributed by atoms with Crippen LogP contribution in [0, 0.1) is 0 Å². The highest BCUT2D eigenvalue weighted by Crippen LogP contribution is 2.24. The van der Waals surface area contributed by atoms with Gasteiger partial charge in [-0.25, -0.2) is 0 Å². The number of nitrogens with one attached hydrogen (secondary N) is 1. The smallest absolute Gasteiger partial charge is 0.174 e. The van der Waals surface area contributed by atoms with Crippen molar-refractivity contribution in [1.29, 1.82) is 0 Å². The van der Waals surface area contributed by atoms with Gasteiger partial charge in [-0.3, -0.25) is 0 Å². The summed E-state index contributed by atoms with van der Waals surface area (Å²) in [5, 5.41) is 3.90. The van der Waals surface area contributed by atoms with Crippen molar-refractivity contribution in [2.24, 2.45) is 0 Å².